The van der Waals surface area contributed by atoms with Crippen molar-refractivity contribution < 1.29 is 9.59 Å². The van der Waals surface area contributed by atoms with Crippen LogP contribution in [-0.4, -0.2) is 27.4 Å². The van der Waals surface area contributed by atoms with Crippen LogP contribution in [0.15, 0.2) is 34.2 Å². The first-order valence-electron chi connectivity index (χ1n) is 7.89. The zero-order valence-corrected chi connectivity index (χ0v) is 16.1. The number of nitrogens with one attached hydrogen (secondary N) is 2. The van der Waals surface area contributed by atoms with Crippen LogP contribution >= 0.6 is 23.1 Å². The van der Waals surface area contributed by atoms with Crippen LogP contribution in [0, 0.1) is 13.8 Å². The Bertz CT molecular complexity index is 1070. The molecular weight excluding hydrogens is 370 g/mol. The lowest BCUT2D eigenvalue weighted by Gasteiger charge is -2.07. The lowest BCUT2D eigenvalue weighted by molar-refractivity contribution is -0.113. The maximum atomic E-state index is 12.3. The van der Waals surface area contributed by atoms with Crippen molar-refractivity contribution in [1.82, 2.24) is 9.97 Å². The number of aryl methyl sites for hydroxylation is 2. The fraction of sp³-hybridized carbons (Fsp3) is 0.222. The number of amides is 1. The van der Waals surface area contributed by atoms with Gasteiger partial charge < -0.3 is 10.3 Å². The predicted molar refractivity (Wildman–Crippen MR) is 106 cm³/mol. The van der Waals surface area contributed by atoms with Gasteiger partial charge in [-0.3, -0.25) is 14.4 Å². The Morgan fingerprint density at radius 3 is 2.69 bits per heavy atom. The average Bonchev–Trinajstić information content (AvgIpc) is 2.92. The first-order valence-corrected chi connectivity index (χ1v) is 9.69. The number of aromatic amines is 1. The number of rotatable bonds is 5. The molecule has 0 bridgehead atoms. The zero-order valence-electron chi connectivity index (χ0n) is 14.5. The number of aromatic nitrogens is 2. The van der Waals surface area contributed by atoms with Gasteiger partial charge in [-0.1, -0.05) is 30.0 Å². The first-order chi connectivity index (χ1) is 12.4. The van der Waals surface area contributed by atoms with Gasteiger partial charge >= 0.3 is 0 Å². The van der Waals surface area contributed by atoms with Crippen molar-refractivity contribution in [3.63, 3.8) is 0 Å². The number of benzene rings is 1. The van der Waals surface area contributed by atoms with Crippen molar-refractivity contribution in [3.8, 4) is 0 Å². The van der Waals surface area contributed by atoms with Crippen molar-refractivity contribution >= 4 is 50.7 Å². The van der Waals surface area contributed by atoms with Crippen molar-refractivity contribution in [3.05, 3.63) is 50.6 Å². The Balaban J connectivity index is 1.77. The maximum absolute atomic E-state index is 12.3. The smallest absolute Gasteiger partial charge is 0.260 e. The molecule has 0 fully saturated rings. The molecule has 134 valence electrons. The van der Waals surface area contributed by atoms with Gasteiger partial charge in [0.2, 0.25) is 5.91 Å². The van der Waals surface area contributed by atoms with Crippen LogP contribution in [0.2, 0.25) is 0 Å². The summed E-state index contributed by atoms with van der Waals surface area (Å²) in [5.41, 5.74) is 2.10. The van der Waals surface area contributed by atoms with Gasteiger partial charge in [-0.2, -0.15) is 0 Å². The standard InChI is InChI=1S/C18H17N3O3S2/c1-9-6-4-5-7-12(9)19-13(23)8-25-18-20-16(24)14-10(2)15(11(3)22)26-17(14)21-18/h4-7H,8H2,1-3H3,(H,19,23)(H,20,21,24). The third-order valence-corrected chi connectivity index (χ3v) is 6.02. The summed E-state index contributed by atoms with van der Waals surface area (Å²) >= 11 is 2.35. The predicted octanol–water partition coefficient (Wildman–Crippen LogP) is 3.53. The van der Waals surface area contributed by atoms with Crippen molar-refractivity contribution in [2.24, 2.45) is 0 Å². The molecule has 0 aliphatic rings. The minimum atomic E-state index is -0.293. The van der Waals surface area contributed by atoms with Gasteiger partial charge in [-0.05, 0) is 38.0 Å². The SMILES string of the molecule is CC(=O)c1sc2nc(SCC(=O)Nc3ccccc3C)[nH]c(=O)c2c1C. The molecule has 3 aromatic rings. The molecule has 2 N–H and O–H groups in total. The Kier molecular flexibility index (Phi) is 5.24. The largest absolute Gasteiger partial charge is 0.325 e. The van der Waals surface area contributed by atoms with Gasteiger partial charge in [0.1, 0.15) is 4.83 Å². The number of fused-ring (bicyclic) bond motifs is 1. The van der Waals surface area contributed by atoms with E-state index >= 15 is 0 Å². The number of anilines is 1. The van der Waals surface area contributed by atoms with Crippen LogP contribution in [0.5, 0.6) is 0 Å². The van der Waals surface area contributed by atoms with E-state index in [1.807, 2.05) is 31.2 Å². The topological polar surface area (TPSA) is 91.9 Å². The molecule has 2 heterocycles. The number of thiophene rings is 1. The molecule has 0 spiro atoms. The number of carbonyl (C=O) groups excluding carboxylic acids is 2. The lowest BCUT2D eigenvalue weighted by Crippen LogP contribution is -2.16. The van der Waals surface area contributed by atoms with Gasteiger partial charge in [0.25, 0.3) is 5.56 Å². The van der Waals surface area contributed by atoms with Crippen LogP contribution < -0.4 is 10.9 Å². The summed E-state index contributed by atoms with van der Waals surface area (Å²) in [6.07, 6.45) is 0. The molecule has 6 nitrogen and oxygen atoms in total. The number of H-pyrrole nitrogens is 1. The van der Waals surface area contributed by atoms with Crippen molar-refractivity contribution in [2.75, 3.05) is 11.1 Å². The lowest BCUT2D eigenvalue weighted by atomic mass is 10.2. The van der Waals surface area contributed by atoms with E-state index in [4.69, 9.17) is 0 Å². The Morgan fingerprint density at radius 2 is 2.00 bits per heavy atom. The fourth-order valence-electron chi connectivity index (χ4n) is 2.56. The van der Waals surface area contributed by atoms with Gasteiger partial charge in [0, 0.05) is 5.69 Å². The second kappa shape index (κ2) is 7.43. The molecule has 0 radical (unpaired) electrons. The third kappa shape index (κ3) is 3.71. The number of Topliss-reactive ketones (excluding diaryl/α,β-unsaturated/α-hetero) is 1. The normalized spacial score (nSPS) is 10.9. The molecule has 26 heavy (non-hydrogen) atoms. The highest BCUT2D eigenvalue weighted by Gasteiger charge is 2.17. The summed E-state index contributed by atoms with van der Waals surface area (Å²) in [5, 5.41) is 3.64. The number of para-hydroxylation sites is 1. The molecule has 3 rings (SSSR count). The molecule has 0 unspecified atom stereocenters. The van der Waals surface area contributed by atoms with Crippen LogP contribution in [-0.2, 0) is 4.79 Å². The highest BCUT2D eigenvalue weighted by Crippen LogP contribution is 2.28. The molecule has 0 saturated heterocycles. The number of thioether (sulfide) groups is 1. The van der Waals surface area contributed by atoms with Crippen LogP contribution in [0.4, 0.5) is 5.69 Å². The number of carbonyl (C=O) groups is 2. The van der Waals surface area contributed by atoms with Crippen molar-refractivity contribution in [1.29, 1.82) is 0 Å². The molecule has 0 saturated carbocycles. The van der Waals surface area contributed by atoms with Crippen LogP contribution in [0.3, 0.4) is 0 Å². The summed E-state index contributed by atoms with van der Waals surface area (Å²) in [6, 6.07) is 7.51. The zero-order chi connectivity index (χ0) is 18.8. The molecule has 1 aromatic carbocycles. The molecule has 0 atom stereocenters. The number of nitrogens with zero attached hydrogens (tertiary/aromatic N) is 1. The molecule has 0 aliphatic carbocycles. The van der Waals surface area contributed by atoms with E-state index in [-0.39, 0.29) is 23.0 Å². The van der Waals surface area contributed by atoms with Crippen LogP contribution in [0.1, 0.15) is 27.7 Å². The van der Waals surface area contributed by atoms with E-state index < -0.39 is 0 Å². The highest BCUT2D eigenvalue weighted by atomic mass is 32.2. The van der Waals surface area contributed by atoms with E-state index in [9.17, 15) is 14.4 Å². The second-order valence-corrected chi connectivity index (χ2v) is 7.78. The Hall–Kier alpha value is -2.45. The van der Waals surface area contributed by atoms with E-state index in [0.717, 1.165) is 23.0 Å². The van der Waals surface area contributed by atoms with Crippen molar-refractivity contribution in [2.45, 2.75) is 25.9 Å². The van der Waals surface area contributed by atoms with Crippen LogP contribution in [0.25, 0.3) is 10.2 Å². The first kappa shape index (κ1) is 18.3. The minimum absolute atomic E-state index is 0.0864. The number of ketones is 1. The summed E-state index contributed by atoms with van der Waals surface area (Å²) in [5.74, 6) is -0.150. The van der Waals surface area contributed by atoms with E-state index in [0.29, 0.717) is 25.8 Å². The molecule has 2 aromatic heterocycles. The summed E-state index contributed by atoms with van der Waals surface area (Å²) in [4.78, 5) is 44.3. The number of hydrogen-bond acceptors (Lipinski definition) is 6. The summed E-state index contributed by atoms with van der Waals surface area (Å²) in [7, 11) is 0. The molecule has 8 heteroatoms. The van der Waals surface area contributed by atoms with Gasteiger partial charge in [0.05, 0.1) is 16.0 Å². The van der Waals surface area contributed by atoms with Gasteiger partial charge in [-0.15, -0.1) is 11.3 Å². The molecule has 0 aliphatic heterocycles. The van der Waals surface area contributed by atoms with E-state index in [2.05, 4.69) is 15.3 Å². The van der Waals surface area contributed by atoms with E-state index in [1.165, 1.54) is 18.3 Å². The third-order valence-electron chi connectivity index (χ3n) is 3.86. The van der Waals surface area contributed by atoms with Gasteiger partial charge in [-0.25, -0.2) is 4.98 Å². The van der Waals surface area contributed by atoms with Gasteiger partial charge in [0.15, 0.2) is 10.9 Å². The Morgan fingerprint density at radius 1 is 1.27 bits per heavy atom. The quantitative estimate of drug-likeness (QED) is 0.397. The number of hydrogen-bond donors (Lipinski definition) is 2. The second-order valence-electron chi connectivity index (χ2n) is 5.82. The minimum Gasteiger partial charge on any atom is -0.325 e. The monoisotopic (exact) mass is 387 g/mol. The molecular formula is C18H17N3O3S2. The fourth-order valence-corrected chi connectivity index (χ4v) is 4.36. The Labute approximate surface area is 158 Å². The maximum Gasteiger partial charge on any atom is 0.260 e. The molecule has 1 amide bonds. The van der Waals surface area contributed by atoms with E-state index in [1.54, 1.807) is 6.92 Å². The summed E-state index contributed by atoms with van der Waals surface area (Å²) < 4.78 is 0. The highest BCUT2D eigenvalue weighted by molar-refractivity contribution is 7.99. The summed E-state index contributed by atoms with van der Waals surface area (Å²) in [6.45, 7) is 5.13. The average molecular weight is 387 g/mol.